The van der Waals surface area contributed by atoms with E-state index in [1.807, 2.05) is 7.11 Å². The number of fused-ring (bicyclic) bond motifs is 4. The Hall–Kier alpha value is -0.733. The quantitative estimate of drug-likeness (QED) is 0.152. The summed E-state index contributed by atoms with van der Waals surface area (Å²) in [5.74, 6) is 0.847. The first-order chi connectivity index (χ1) is 19.3. The Morgan fingerprint density at radius 2 is 1.46 bits per heavy atom. The Kier molecular flexibility index (Phi) is 13.4. The molecule has 0 N–H and O–H groups in total. The van der Waals surface area contributed by atoms with E-state index in [4.69, 9.17) is 23.4 Å². The minimum Gasteiger partial charge on any atom is -0.458 e. The molecule has 0 aromatic carbocycles. The second-order valence-corrected chi connectivity index (χ2v) is 20.0. The SMILES string of the molecule is CO[C@H]1C[C@@H]2C[C@H](O[Si](C(C)C)(C(C)C)C(C)C)C[C@H](CC(=O)O[C@@H](/C=C/CC(C)C)C[C@@H]3CC[C@H](C)[C@@H](C1)O3)O2. The van der Waals surface area contributed by atoms with Crippen LogP contribution in [0, 0.1) is 11.8 Å². The van der Waals surface area contributed by atoms with Crippen molar-refractivity contribution in [2.75, 3.05) is 7.11 Å². The van der Waals surface area contributed by atoms with Gasteiger partial charge in [0.15, 0.2) is 0 Å². The summed E-state index contributed by atoms with van der Waals surface area (Å²) in [4.78, 5) is 13.4. The molecule has 4 bridgehead atoms. The maximum absolute atomic E-state index is 13.4. The van der Waals surface area contributed by atoms with Gasteiger partial charge in [0.05, 0.1) is 43.0 Å². The van der Waals surface area contributed by atoms with E-state index in [0.717, 1.165) is 44.9 Å². The lowest BCUT2D eigenvalue weighted by atomic mass is 9.87. The van der Waals surface area contributed by atoms with Crippen LogP contribution in [0.1, 0.15) is 120 Å². The predicted octanol–water partition coefficient (Wildman–Crippen LogP) is 8.38. The lowest BCUT2D eigenvalue weighted by Crippen LogP contribution is -2.53. The highest BCUT2D eigenvalue weighted by molar-refractivity contribution is 6.77. The molecule has 3 rings (SSSR count). The van der Waals surface area contributed by atoms with Crippen molar-refractivity contribution in [3.05, 3.63) is 12.2 Å². The van der Waals surface area contributed by atoms with Crippen LogP contribution in [0.4, 0.5) is 0 Å². The predicted molar refractivity (Wildman–Crippen MR) is 169 cm³/mol. The fraction of sp³-hybridized carbons (Fsp3) is 0.912. The molecule has 3 saturated heterocycles. The van der Waals surface area contributed by atoms with Gasteiger partial charge in [0, 0.05) is 20.0 Å². The molecule has 0 amide bonds. The van der Waals surface area contributed by atoms with Crippen molar-refractivity contribution < 1.29 is 28.2 Å². The van der Waals surface area contributed by atoms with Gasteiger partial charge in [-0.25, -0.2) is 0 Å². The fourth-order valence-corrected chi connectivity index (χ4v) is 13.4. The van der Waals surface area contributed by atoms with E-state index >= 15 is 0 Å². The van der Waals surface area contributed by atoms with E-state index in [1.54, 1.807) is 0 Å². The lowest BCUT2D eigenvalue weighted by molar-refractivity contribution is -0.164. The highest BCUT2D eigenvalue weighted by Gasteiger charge is 2.48. The number of hydrogen-bond acceptors (Lipinski definition) is 6. The van der Waals surface area contributed by atoms with E-state index in [0.29, 0.717) is 34.9 Å². The molecule has 0 spiro atoms. The van der Waals surface area contributed by atoms with E-state index in [1.165, 1.54) is 0 Å². The average Bonchev–Trinajstić information content (AvgIpc) is 2.87. The zero-order valence-electron chi connectivity index (χ0n) is 27.9. The molecule has 0 saturated carbocycles. The van der Waals surface area contributed by atoms with Crippen molar-refractivity contribution in [3.8, 4) is 0 Å². The molecule has 3 aliphatic heterocycles. The largest absolute Gasteiger partial charge is 0.458 e. The Labute approximate surface area is 252 Å². The average molecular weight is 595 g/mol. The van der Waals surface area contributed by atoms with Crippen molar-refractivity contribution in [3.63, 3.8) is 0 Å². The fourth-order valence-electron chi connectivity index (χ4n) is 7.86. The minimum atomic E-state index is -2.08. The molecule has 3 heterocycles. The molecule has 3 aliphatic rings. The van der Waals surface area contributed by atoms with Gasteiger partial charge in [-0.05, 0) is 73.1 Å². The summed E-state index contributed by atoms with van der Waals surface area (Å²) in [6.07, 6.45) is 11.4. The second-order valence-electron chi connectivity index (χ2n) is 14.6. The van der Waals surface area contributed by atoms with Gasteiger partial charge in [-0.2, -0.15) is 0 Å². The summed E-state index contributed by atoms with van der Waals surface area (Å²) in [7, 11) is -0.269. The lowest BCUT2D eigenvalue weighted by Gasteiger charge is -2.47. The first-order valence-electron chi connectivity index (χ1n) is 16.7. The number of ether oxygens (including phenoxy) is 4. The van der Waals surface area contributed by atoms with E-state index in [2.05, 4.69) is 74.5 Å². The number of carbonyl (C=O) groups is 1. The van der Waals surface area contributed by atoms with Crippen molar-refractivity contribution in [1.29, 1.82) is 0 Å². The van der Waals surface area contributed by atoms with Gasteiger partial charge in [-0.1, -0.05) is 68.4 Å². The number of methoxy groups -OCH3 is 1. The summed E-state index contributed by atoms with van der Waals surface area (Å²) in [5, 5.41) is 0. The van der Waals surface area contributed by atoms with Gasteiger partial charge >= 0.3 is 5.97 Å². The van der Waals surface area contributed by atoms with Crippen LogP contribution >= 0.6 is 0 Å². The number of esters is 1. The summed E-state index contributed by atoms with van der Waals surface area (Å²) in [5.41, 5.74) is 1.52. The molecular weight excluding hydrogens is 532 g/mol. The third-order valence-electron chi connectivity index (χ3n) is 9.95. The number of rotatable bonds is 9. The van der Waals surface area contributed by atoms with Crippen LogP contribution in [-0.2, 0) is 28.2 Å². The molecular formula is C34H62O6Si. The summed E-state index contributed by atoms with van der Waals surface area (Å²) >= 11 is 0. The molecule has 0 unspecified atom stereocenters. The summed E-state index contributed by atoms with van der Waals surface area (Å²) < 4.78 is 32.8. The Morgan fingerprint density at radius 3 is 2.07 bits per heavy atom. The highest BCUT2D eigenvalue weighted by Crippen LogP contribution is 2.45. The van der Waals surface area contributed by atoms with Gasteiger partial charge < -0.3 is 23.4 Å². The van der Waals surface area contributed by atoms with Crippen molar-refractivity contribution in [1.82, 2.24) is 0 Å². The van der Waals surface area contributed by atoms with Crippen LogP contribution in [-0.4, -0.2) is 64.1 Å². The van der Waals surface area contributed by atoms with E-state index < -0.39 is 8.32 Å². The van der Waals surface area contributed by atoms with Crippen LogP contribution in [0.25, 0.3) is 0 Å². The minimum absolute atomic E-state index is 0.0194. The topological polar surface area (TPSA) is 63.2 Å². The molecule has 7 heteroatoms. The number of hydrogen-bond donors (Lipinski definition) is 0. The van der Waals surface area contributed by atoms with Crippen LogP contribution in [0.2, 0.25) is 16.6 Å². The molecule has 238 valence electrons. The summed E-state index contributed by atoms with van der Waals surface area (Å²) in [6, 6.07) is 0. The summed E-state index contributed by atoms with van der Waals surface area (Å²) in [6.45, 7) is 20.7. The van der Waals surface area contributed by atoms with Gasteiger partial charge in [0.25, 0.3) is 0 Å². The zero-order valence-corrected chi connectivity index (χ0v) is 28.9. The van der Waals surface area contributed by atoms with Gasteiger partial charge in [0.1, 0.15) is 6.10 Å². The molecule has 0 aromatic rings. The van der Waals surface area contributed by atoms with Gasteiger partial charge in [0.2, 0.25) is 8.32 Å². The van der Waals surface area contributed by atoms with Crippen molar-refractivity contribution >= 4 is 14.3 Å². The normalized spacial score (nSPS) is 34.4. The van der Waals surface area contributed by atoms with Gasteiger partial charge in [-0.15, -0.1) is 0 Å². The van der Waals surface area contributed by atoms with Crippen LogP contribution in [0.3, 0.4) is 0 Å². The molecule has 8 atom stereocenters. The third kappa shape index (κ3) is 9.63. The molecule has 0 radical (unpaired) electrons. The molecule has 6 nitrogen and oxygen atoms in total. The molecule has 3 fully saturated rings. The van der Waals surface area contributed by atoms with E-state index in [9.17, 15) is 4.79 Å². The molecule has 0 aliphatic carbocycles. The van der Waals surface area contributed by atoms with Crippen LogP contribution in [0.15, 0.2) is 12.2 Å². The Bertz CT molecular complexity index is 804. The van der Waals surface area contributed by atoms with Crippen LogP contribution in [0.5, 0.6) is 0 Å². The Balaban J connectivity index is 1.88. The number of allylic oxidation sites excluding steroid dienone is 1. The number of cyclic esters (lactones) is 1. The maximum Gasteiger partial charge on any atom is 0.309 e. The number of carbonyl (C=O) groups excluding carboxylic acids is 1. The van der Waals surface area contributed by atoms with Crippen LogP contribution < -0.4 is 0 Å². The van der Waals surface area contributed by atoms with Gasteiger partial charge in [-0.3, -0.25) is 4.79 Å². The van der Waals surface area contributed by atoms with E-state index in [-0.39, 0.29) is 55.1 Å². The Morgan fingerprint density at radius 1 is 0.829 bits per heavy atom. The van der Waals surface area contributed by atoms with Crippen molar-refractivity contribution in [2.45, 2.75) is 179 Å². The third-order valence-corrected chi connectivity index (χ3v) is 16.1. The first-order valence-corrected chi connectivity index (χ1v) is 18.9. The second kappa shape index (κ2) is 15.8. The highest BCUT2D eigenvalue weighted by atomic mass is 28.4. The standard InChI is InChI=1S/C34H62O6Si/c1-22(2)12-11-13-27-16-28-15-14-26(9)33(38-28)20-29(36-10)17-30-18-32(19-31(37-30)21-34(35)39-27)40-41(23(3)4,24(5)6)25(7)8/h11,13,22-33H,12,14-21H2,1-10H3/b13-11+/t26-,27-,28-,29-,30+,31+,32-,33+/m0/s1. The first kappa shape index (κ1) is 34.8. The monoisotopic (exact) mass is 594 g/mol. The van der Waals surface area contributed by atoms with Crippen molar-refractivity contribution in [2.24, 2.45) is 11.8 Å². The maximum atomic E-state index is 13.4. The smallest absolute Gasteiger partial charge is 0.309 e. The molecule has 0 aromatic heterocycles. The zero-order chi connectivity index (χ0) is 30.3. The molecule has 41 heavy (non-hydrogen) atoms.